The lowest BCUT2D eigenvalue weighted by molar-refractivity contribution is -0.917. The quantitative estimate of drug-likeness (QED) is 0.599. The maximum absolute atomic E-state index is 12.8. The van der Waals surface area contributed by atoms with Crippen LogP contribution in [0.4, 0.5) is 5.69 Å². The van der Waals surface area contributed by atoms with E-state index in [2.05, 4.69) is 4.98 Å². The molecule has 1 saturated heterocycles. The second-order valence-corrected chi connectivity index (χ2v) is 7.82. The van der Waals surface area contributed by atoms with Gasteiger partial charge in [-0.2, -0.15) is 4.31 Å². The fourth-order valence-corrected chi connectivity index (χ4v) is 4.58. The number of rotatable bonds is 5. The third kappa shape index (κ3) is 3.84. The van der Waals surface area contributed by atoms with Gasteiger partial charge in [-0.25, -0.2) is 8.42 Å². The first kappa shape index (κ1) is 17.5. The number of nitro groups is 1. The van der Waals surface area contributed by atoms with E-state index in [1.54, 1.807) is 6.20 Å². The molecule has 0 aliphatic carbocycles. The summed E-state index contributed by atoms with van der Waals surface area (Å²) in [5.41, 5.74) is 0.722. The van der Waals surface area contributed by atoms with E-state index >= 15 is 0 Å². The Hall–Kier alpha value is -2.36. The minimum Gasteiger partial charge on any atom is -0.329 e. The first-order valence-electron chi connectivity index (χ1n) is 7.94. The summed E-state index contributed by atoms with van der Waals surface area (Å²) in [5.74, 6) is 0. The highest BCUT2D eigenvalue weighted by molar-refractivity contribution is 7.89. The van der Waals surface area contributed by atoms with Crippen LogP contribution in [0.15, 0.2) is 53.7 Å². The van der Waals surface area contributed by atoms with Gasteiger partial charge in [0, 0.05) is 24.0 Å². The van der Waals surface area contributed by atoms with Gasteiger partial charge in [-0.15, -0.1) is 0 Å². The second kappa shape index (κ2) is 7.26. The maximum Gasteiger partial charge on any atom is 0.289 e. The van der Waals surface area contributed by atoms with E-state index in [-0.39, 0.29) is 10.6 Å². The maximum atomic E-state index is 12.8. The number of nitrogens with one attached hydrogen (secondary N) is 1. The molecule has 25 heavy (non-hydrogen) atoms. The molecule has 3 rings (SSSR count). The highest BCUT2D eigenvalue weighted by Crippen LogP contribution is 2.26. The molecule has 1 aliphatic rings. The number of aromatic nitrogens is 1. The van der Waals surface area contributed by atoms with Crippen LogP contribution < -0.4 is 4.90 Å². The first-order valence-corrected chi connectivity index (χ1v) is 9.38. The van der Waals surface area contributed by atoms with Crippen molar-refractivity contribution in [1.82, 2.24) is 9.29 Å². The number of hydrogen-bond donors (Lipinski definition) is 1. The van der Waals surface area contributed by atoms with E-state index < -0.39 is 14.9 Å². The van der Waals surface area contributed by atoms with Crippen LogP contribution in [0.1, 0.15) is 5.56 Å². The van der Waals surface area contributed by atoms with Crippen LogP contribution in [0.3, 0.4) is 0 Å². The van der Waals surface area contributed by atoms with Gasteiger partial charge in [0.15, 0.2) is 4.90 Å². The Balaban J connectivity index is 1.71. The summed E-state index contributed by atoms with van der Waals surface area (Å²) in [4.78, 5) is 15.6. The zero-order valence-electron chi connectivity index (χ0n) is 13.5. The molecular formula is C16H19N4O4S+. The average Bonchev–Trinajstić information content (AvgIpc) is 2.63. The molecule has 0 unspecified atom stereocenters. The molecule has 0 amide bonds. The summed E-state index contributed by atoms with van der Waals surface area (Å²) < 4.78 is 26.9. The van der Waals surface area contributed by atoms with Gasteiger partial charge in [0.2, 0.25) is 10.0 Å². The predicted molar refractivity (Wildman–Crippen MR) is 90.5 cm³/mol. The molecule has 0 atom stereocenters. The smallest absolute Gasteiger partial charge is 0.289 e. The highest BCUT2D eigenvalue weighted by Gasteiger charge is 2.34. The zero-order chi connectivity index (χ0) is 17.9. The number of quaternary nitrogens is 1. The van der Waals surface area contributed by atoms with Gasteiger partial charge >= 0.3 is 0 Å². The zero-order valence-corrected chi connectivity index (χ0v) is 14.4. The van der Waals surface area contributed by atoms with Gasteiger partial charge < -0.3 is 4.90 Å². The van der Waals surface area contributed by atoms with Crippen molar-refractivity contribution in [2.24, 2.45) is 0 Å². The Morgan fingerprint density at radius 3 is 2.52 bits per heavy atom. The molecule has 2 aromatic rings. The number of nitro benzene ring substituents is 1. The predicted octanol–water partition coefficient (Wildman–Crippen LogP) is 0.0792. The van der Waals surface area contributed by atoms with Gasteiger partial charge in [-0.1, -0.05) is 18.2 Å². The molecule has 1 fully saturated rings. The van der Waals surface area contributed by atoms with Crippen molar-refractivity contribution < 1.29 is 18.2 Å². The van der Waals surface area contributed by atoms with Gasteiger partial charge in [0.05, 0.1) is 31.1 Å². The summed E-state index contributed by atoms with van der Waals surface area (Å²) in [5, 5.41) is 11.1. The van der Waals surface area contributed by atoms with Crippen molar-refractivity contribution in [2.75, 3.05) is 26.2 Å². The number of hydrogen-bond acceptors (Lipinski definition) is 5. The number of piperazine rings is 1. The molecule has 1 N–H and O–H groups in total. The lowest BCUT2D eigenvalue weighted by Gasteiger charge is -2.31. The van der Waals surface area contributed by atoms with Crippen LogP contribution >= 0.6 is 0 Å². The van der Waals surface area contributed by atoms with Crippen LogP contribution in [-0.2, 0) is 16.6 Å². The van der Waals surface area contributed by atoms with Crippen molar-refractivity contribution in [1.29, 1.82) is 0 Å². The average molecular weight is 363 g/mol. The molecule has 9 heteroatoms. The fourth-order valence-electron chi connectivity index (χ4n) is 2.98. The molecule has 0 saturated carbocycles. The highest BCUT2D eigenvalue weighted by atomic mass is 32.2. The van der Waals surface area contributed by atoms with Crippen LogP contribution in [0.25, 0.3) is 0 Å². The first-order chi connectivity index (χ1) is 12.0. The minimum atomic E-state index is -3.87. The van der Waals surface area contributed by atoms with Crippen molar-refractivity contribution in [3.63, 3.8) is 0 Å². The molecule has 2 heterocycles. The monoisotopic (exact) mass is 363 g/mol. The SMILES string of the molecule is O=[N+]([O-])c1ccccc1S(=O)(=O)N1CC[NH+](Cc2cccnc2)CC1. The Labute approximate surface area is 145 Å². The third-order valence-corrected chi connectivity index (χ3v) is 6.23. The number of nitrogens with zero attached hydrogens (tertiary/aromatic N) is 3. The van der Waals surface area contributed by atoms with E-state index in [1.165, 1.54) is 33.5 Å². The number of para-hydroxylation sites is 1. The third-order valence-electron chi connectivity index (χ3n) is 4.29. The summed E-state index contributed by atoms with van der Waals surface area (Å²) >= 11 is 0. The normalized spacial score (nSPS) is 16.6. The standard InChI is InChI=1S/C16H18N4O4S/c21-20(22)15-5-1-2-6-16(15)25(23,24)19-10-8-18(9-11-19)13-14-4-3-7-17-12-14/h1-7,12H,8-11,13H2/p+1. The largest absolute Gasteiger partial charge is 0.329 e. The van der Waals surface area contributed by atoms with E-state index in [9.17, 15) is 18.5 Å². The van der Waals surface area contributed by atoms with Crippen molar-refractivity contribution in [3.8, 4) is 0 Å². The molecule has 1 aromatic heterocycles. The summed E-state index contributed by atoms with van der Waals surface area (Å²) in [6.45, 7) is 2.75. The molecule has 0 radical (unpaired) electrons. The van der Waals surface area contributed by atoms with Crippen molar-refractivity contribution >= 4 is 15.7 Å². The molecule has 0 bridgehead atoms. The van der Waals surface area contributed by atoms with Gasteiger partial charge in [-0.3, -0.25) is 15.1 Å². The number of benzene rings is 1. The van der Waals surface area contributed by atoms with Gasteiger partial charge in [0.1, 0.15) is 6.54 Å². The second-order valence-electron chi connectivity index (χ2n) is 5.92. The molecule has 0 spiro atoms. The van der Waals surface area contributed by atoms with Crippen LogP contribution in [0.2, 0.25) is 0 Å². The molecular weight excluding hydrogens is 344 g/mol. The summed E-state index contributed by atoms with van der Waals surface area (Å²) in [6.07, 6.45) is 3.53. The Bertz CT molecular complexity index is 849. The Morgan fingerprint density at radius 1 is 1.16 bits per heavy atom. The van der Waals surface area contributed by atoms with Crippen molar-refractivity contribution in [2.45, 2.75) is 11.4 Å². The number of sulfonamides is 1. The minimum absolute atomic E-state index is 0.240. The summed E-state index contributed by atoms with van der Waals surface area (Å²) in [7, 11) is -3.87. The summed E-state index contributed by atoms with van der Waals surface area (Å²) in [6, 6.07) is 9.36. The molecule has 8 nitrogen and oxygen atoms in total. The molecule has 1 aromatic carbocycles. The number of pyridine rings is 1. The fraction of sp³-hybridized carbons (Fsp3) is 0.312. The van der Waals surface area contributed by atoms with Crippen molar-refractivity contribution in [3.05, 3.63) is 64.5 Å². The van der Waals surface area contributed by atoms with E-state index in [1.807, 2.05) is 18.3 Å². The van der Waals surface area contributed by atoms with E-state index in [0.717, 1.165) is 12.1 Å². The molecule has 1 aliphatic heterocycles. The molecule has 132 valence electrons. The topological polar surface area (TPSA) is 97.8 Å². The van der Waals surface area contributed by atoms with E-state index in [0.29, 0.717) is 26.2 Å². The lowest BCUT2D eigenvalue weighted by Crippen LogP contribution is -3.13. The van der Waals surface area contributed by atoms with Crippen LogP contribution in [-0.4, -0.2) is 48.8 Å². The Morgan fingerprint density at radius 2 is 1.88 bits per heavy atom. The van der Waals surface area contributed by atoms with Crippen LogP contribution in [0.5, 0.6) is 0 Å². The van der Waals surface area contributed by atoms with Gasteiger partial charge in [-0.05, 0) is 12.1 Å². The Kier molecular flexibility index (Phi) is 5.07. The lowest BCUT2D eigenvalue weighted by atomic mass is 10.2. The van der Waals surface area contributed by atoms with E-state index in [4.69, 9.17) is 0 Å². The van der Waals surface area contributed by atoms with Gasteiger partial charge in [0.25, 0.3) is 5.69 Å². The van der Waals surface area contributed by atoms with Crippen LogP contribution in [0, 0.1) is 10.1 Å².